The molecule has 2 aromatic carbocycles. The molecular weight excluding hydrogens is 502 g/mol. The van der Waals surface area contributed by atoms with Gasteiger partial charge in [0.15, 0.2) is 5.82 Å². The van der Waals surface area contributed by atoms with Gasteiger partial charge in [0.2, 0.25) is 0 Å². The van der Waals surface area contributed by atoms with E-state index in [0.29, 0.717) is 41.5 Å². The van der Waals surface area contributed by atoms with E-state index in [1.165, 1.54) is 19.2 Å². The zero-order valence-electron chi connectivity index (χ0n) is 22.4. The highest BCUT2D eigenvalue weighted by molar-refractivity contribution is 6.06. The molecule has 1 aromatic heterocycles. The molecule has 39 heavy (non-hydrogen) atoms. The molecule has 0 spiro atoms. The monoisotopic (exact) mass is 533 g/mol. The molecule has 0 N–H and O–H groups in total. The van der Waals surface area contributed by atoms with E-state index in [1.807, 2.05) is 37.4 Å². The van der Waals surface area contributed by atoms with Gasteiger partial charge in [-0.05, 0) is 32.0 Å². The summed E-state index contributed by atoms with van der Waals surface area (Å²) in [4.78, 5) is 35.7. The highest BCUT2D eigenvalue weighted by Gasteiger charge is 2.42. The van der Waals surface area contributed by atoms with Crippen LogP contribution in [0.15, 0.2) is 69.8 Å². The Labute approximate surface area is 226 Å². The fourth-order valence-corrected chi connectivity index (χ4v) is 4.75. The average molecular weight is 534 g/mol. The molecule has 2 unspecified atom stereocenters. The predicted molar refractivity (Wildman–Crippen MR) is 144 cm³/mol. The maximum Gasteiger partial charge on any atom is 0.315 e. The fraction of sp³-hybridized carbons (Fsp3) is 0.357. The third kappa shape index (κ3) is 6.62. The summed E-state index contributed by atoms with van der Waals surface area (Å²) in [5, 5.41) is 15.7. The van der Waals surface area contributed by atoms with Crippen LogP contribution in [0, 0.1) is 16.0 Å². The van der Waals surface area contributed by atoms with E-state index < -0.39 is 22.7 Å². The van der Waals surface area contributed by atoms with Gasteiger partial charge in [0.05, 0.1) is 18.1 Å². The SMILES string of the molecule is COCCOC(=O)C1C(C)=NC(C)=C(c2nc(CN(C)Cc3ccccc3)no2)C1c1cccc([N+](=O)[O-])c1. The number of carbonyl (C=O) groups is 1. The Hall–Kier alpha value is -4.22. The van der Waals surface area contributed by atoms with Crippen molar-refractivity contribution in [3.05, 3.63) is 93.3 Å². The number of rotatable bonds is 11. The lowest BCUT2D eigenvalue weighted by Gasteiger charge is -2.31. The summed E-state index contributed by atoms with van der Waals surface area (Å²) in [5.74, 6) is -1.38. The third-order valence-electron chi connectivity index (χ3n) is 6.46. The maximum atomic E-state index is 13.3. The first-order valence-electron chi connectivity index (χ1n) is 12.5. The number of aliphatic imine (C=N–C) groups is 1. The van der Waals surface area contributed by atoms with Crippen LogP contribution in [-0.4, -0.2) is 59.0 Å². The smallest absolute Gasteiger partial charge is 0.315 e. The molecule has 2 heterocycles. The Kier molecular flexibility index (Phi) is 8.95. The maximum absolute atomic E-state index is 13.3. The topological polar surface area (TPSA) is 133 Å². The summed E-state index contributed by atoms with van der Waals surface area (Å²) >= 11 is 0. The number of esters is 1. The molecule has 0 aliphatic carbocycles. The summed E-state index contributed by atoms with van der Waals surface area (Å²) in [5.41, 5.74) is 3.24. The van der Waals surface area contributed by atoms with Crippen LogP contribution in [0.5, 0.6) is 0 Å². The van der Waals surface area contributed by atoms with Gasteiger partial charge < -0.3 is 14.0 Å². The number of hydrogen-bond acceptors (Lipinski definition) is 10. The van der Waals surface area contributed by atoms with Crippen molar-refractivity contribution in [2.24, 2.45) is 10.9 Å². The quantitative estimate of drug-likeness (QED) is 0.152. The number of aromatic nitrogens is 2. The van der Waals surface area contributed by atoms with E-state index in [-0.39, 0.29) is 24.8 Å². The third-order valence-corrected chi connectivity index (χ3v) is 6.46. The van der Waals surface area contributed by atoms with Crippen LogP contribution >= 0.6 is 0 Å². The lowest BCUT2D eigenvalue weighted by Crippen LogP contribution is -2.34. The van der Waals surface area contributed by atoms with E-state index in [2.05, 4.69) is 20.0 Å². The molecule has 0 bridgehead atoms. The van der Waals surface area contributed by atoms with E-state index in [0.717, 1.165) is 5.56 Å². The zero-order chi connectivity index (χ0) is 27.9. The van der Waals surface area contributed by atoms with E-state index in [9.17, 15) is 14.9 Å². The van der Waals surface area contributed by atoms with E-state index >= 15 is 0 Å². The number of ether oxygens (including phenoxy) is 2. The van der Waals surface area contributed by atoms with Crippen LogP contribution < -0.4 is 0 Å². The minimum Gasteiger partial charge on any atom is -0.463 e. The molecular formula is C28H31N5O6. The van der Waals surface area contributed by atoms with Gasteiger partial charge in [-0.1, -0.05) is 47.6 Å². The van der Waals surface area contributed by atoms with Crippen molar-refractivity contribution < 1.29 is 23.7 Å². The molecule has 3 aromatic rings. The van der Waals surface area contributed by atoms with Crippen LogP contribution in [0.25, 0.3) is 5.57 Å². The van der Waals surface area contributed by atoms with Gasteiger partial charge in [-0.25, -0.2) is 0 Å². The zero-order valence-corrected chi connectivity index (χ0v) is 22.4. The number of allylic oxidation sites excluding steroid dienone is 2. The summed E-state index contributed by atoms with van der Waals surface area (Å²) in [7, 11) is 3.47. The second-order valence-corrected chi connectivity index (χ2v) is 9.39. The highest BCUT2D eigenvalue weighted by Crippen LogP contribution is 2.44. The molecule has 2 atom stereocenters. The number of nitro groups is 1. The molecule has 0 fully saturated rings. The summed E-state index contributed by atoms with van der Waals surface area (Å²) < 4.78 is 16.2. The minimum atomic E-state index is -0.848. The van der Waals surface area contributed by atoms with Gasteiger partial charge in [0, 0.05) is 48.7 Å². The Morgan fingerprint density at radius 1 is 1.10 bits per heavy atom. The number of nitrogens with zero attached hydrogens (tertiary/aromatic N) is 5. The number of non-ortho nitro benzene ring substituents is 1. The molecule has 204 valence electrons. The van der Waals surface area contributed by atoms with Crippen molar-refractivity contribution in [2.75, 3.05) is 27.4 Å². The minimum absolute atomic E-state index is 0.0667. The second-order valence-electron chi connectivity index (χ2n) is 9.39. The normalized spacial score (nSPS) is 17.3. The molecule has 4 rings (SSSR count). The van der Waals surface area contributed by atoms with Crippen molar-refractivity contribution in [2.45, 2.75) is 32.9 Å². The molecule has 0 saturated carbocycles. The van der Waals surface area contributed by atoms with Crippen molar-refractivity contribution in [3.63, 3.8) is 0 Å². The number of nitro benzene ring substituents is 1. The van der Waals surface area contributed by atoms with E-state index in [1.54, 1.807) is 26.0 Å². The second kappa shape index (κ2) is 12.5. The molecule has 0 radical (unpaired) electrons. The van der Waals surface area contributed by atoms with Gasteiger partial charge in [-0.2, -0.15) is 4.98 Å². The lowest BCUT2D eigenvalue weighted by atomic mass is 9.75. The highest BCUT2D eigenvalue weighted by atomic mass is 16.6. The molecule has 11 heteroatoms. The Morgan fingerprint density at radius 3 is 2.59 bits per heavy atom. The number of carbonyl (C=O) groups excluding carboxylic acids is 1. The van der Waals surface area contributed by atoms with Gasteiger partial charge in [-0.3, -0.25) is 24.8 Å². The van der Waals surface area contributed by atoms with Crippen LogP contribution in [-0.2, 0) is 27.4 Å². The van der Waals surface area contributed by atoms with Crippen LogP contribution in [0.2, 0.25) is 0 Å². The van der Waals surface area contributed by atoms with Gasteiger partial charge >= 0.3 is 5.97 Å². The van der Waals surface area contributed by atoms with Crippen LogP contribution in [0.3, 0.4) is 0 Å². The first-order valence-corrected chi connectivity index (χ1v) is 12.5. The van der Waals surface area contributed by atoms with Crippen LogP contribution in [0.1, 0.15) is 42.6 Å². The largest absolute Gasteiger partial charge is 0.463 e. The molecule has 0 saturated heterocycles. The van der Waals surface area contributed by atoms with Gasteiger partial charge in [0.25, 0.3) is 11.6 Å². The molecule has 0 amide bonds. The van der Waals surface area contributed by atoms with Crippen LogP contribution in [0.4, 0.5) is 5.69 Å². The van der Waals surface area contributed by atoms with Crippen molar-refractivity contribution in [1.82, 2.24) is 15.0 Å². The lowest BCUT2D eigenvalue weighted by molar-refractivity contribution is -0.384. The Balaban J connectivity index is 1.69. The van der Waals surface area contributed by atoms with Crippen molar-refractivity contribution in [1.29, 1.82) is 0 Å². The standard InChI is InChI=1S/C28H31N5O6/c1-18-24(27-30-23(31-39-27)17-32(3)16-20-9-6-5-7-10-20)26(21-11-8-12-22(15-21)33(35)36)25(19(2)29-18)28(34)38-14-13-37-4/h5-12,15,25-26H,13-14,16-17H2,1-4H3. The number of benzene rings is 2. The predicted octanol–water partition coefficient (Wildman–Crippen LogP) is 4.40. The molecule has 1 aliphatic rings. The average Bonchev–Trinajstić information content (AvgIpc) is 3.36. The summed E-state index contributed by atoms with van der Waals surface area (Å²) in [6.07, 6.45) is 0. The fourth-order valence-electron chi connectivity index (χ4n) is 4.75. The van der Waals surface area contributed by atoms with Gasteiger partial charge in [-0.15, -0.1) is 0 Å². The first-order chi connectivity index (χ1) is 18.8. The number of hydrogen-bond donors (Lipinski definition) is 0. The first kappa shape index (κ1) is 27.8. The summed E-state index contributed by atoms with van der Waals surface area (Å²) in [6, 6.07) is 16.2. The Morgan fingerprint density at radius 2 is 1.87 bits per heavy atom. The number of methoxy groups -OCH3 is 1. The molecule has 1 aliphatic heterocycles. The summed E-state index contributed by atoms with van der Waals surface area (Å²) in [6.45, 7) is 4.96. The van der Waals surface area contributed by atoms with Crippen molar-refractivity contribution in [3.8, 4) is 0 Å². The van der Waals surface area contributed by atoms with E-state index in [4.69, 9.17) is 14.0 Å². The Bertz CT molecular complexity index is 1380. The van der Waals surface area contributed by atoms with Crippen molar-refractivity contribution >= 4 is 22.9 Å². The molecule has 11 nitrogen and oxygen atoms in total. The van der Waals surface area contributed by atoms with Gasteiger partial charge in [0.1, 0.15) is 12.5 Å².